The molecule has 5 nitrogen and oxygen atoms in total. The summed E-state index contributed by atoms with van der Waals surface area (Å²) in [6, 6.07) is 14.4. The van der Waals surface area contributed by atoms with Crippen LogP contribution < -0.4 is 10.2 Å². The van der Waals surface area contributed by atoms with E-state index in [1.165, 1.54) is 12.3 Å². The average Bonchev–Trinajstić information content (AvgIpc) is 2.50. The molecule has 120 valence electrons. The van der Waals surface area contributed by atoms with E-state index in [9.17, 15) is 9.90 Å². The zero-order chi connectivity index (χ0) is 16.7. The maximum Gasteiger partial charge on any atom is 0.244 e. The van der Waals surface area contributed by atoms with Crippen molar-refractivity contribution in [2.45, 2.75) is 26.4 Å². The molecule has 2 rings (SSSR count). The van der Waals surface area contributed by atoms with Crippen LogP contribution in [0.25, 0.3) is 0 Å². The van der Waals surface area contributed by atoms with E-state index in [1.807, 2.05) is 44.2 Å². The van der Waals surface area contributed by atoms with Crippen molar-refractivity contribution in [3.8, 4) is 11.5 Å². The van der Waals surface area contributed by atoms with Crippen LogP contribution in [0.3, 0.4) is 0 Å². The number of carbonyl (C=O) groups is 1. The minimum absolute atomic E-state index is 0.0335. The third kappa shape index (κ3) is 5.47. The summed E-state index contributed by atoms with van der Waals surface area (Å²) in [5.41, 5.74) is 3.86. The van der Waals surface area contributed by atoms with Gasteiger partial charge in [0.1, 0.15) is 11.5 Å². The molecule has 23 heavy (non-hydrogen) atoms. The first-order valence-corrected chi connectivity index (χ1v) is 7.40. The Labute approximate surface area is 135 Å². The first kappa shape index (κ1) is 16.5. The van der Waals surface area contributed by atoms with Crippen LogP contribution in [0.5, 0.6) is 11.5 Å². The van der Waals surface area contributed by atoms with Crippen LogP contribution in [-0.2, 0) is 11.2 Å². The number of nitrogens with one attached hydrogen (secondary N) is 1. The lowest BCUT2D eigenvalue weighted by Crippen LogP contribution is -2.19. The third-order valence-corrected chi connectivity index (χ3v) is 2.97. The third-order valence-electron chi connectivity index (χ3n) is 2.97. The second kappa shape index (κ2) is 7.98. The molecule has 0 bridgehead atoms. The van der Waals surface area contributed by atoms with Crippen molar-refractivity contribution in [3.05, 3.63) is 59.7 Å². The van der Waals surface area contributed by atoms with Crippen LogP contribution in [0.2, 0.25) is 0 Å². The van der Waals surface area contributed by atoms with E-state index < -0.39 is 0 Å². The van der Waals surface area contributed by atoms with Gasteiger partial charge in [0.2, 0.25) is 5.91 Å². The van der Waals surface area contributed by atoms with Crippen LogP contribution >= 0.6 is 0 Å². The molecule has 0 aromatic heterocycles. The number of hydrogen-bond acceptors (Lipinski definition) is 4. The Morgan fingerprint density at radius 3 is 2.65 bits per heavy atom. The topological polar surface area (TPSA) is 70.9 Å². The van der Waals surface area contributed by atoms with Crippen LogP contribution in [0.15, 0.2) is 53.6 Å². The number of phenols is 1. The molecule has 0 heterocycles. The molecule has 0 unspecified atom stereocenters. The number of benzene rings is 2. The van der Waals surface area contributed by atoms with E-state index in [4.69, 9.17) is 4.74 Å². The van der Waals surface area contributed by atoms with Crippen LogP contribution in [0.4, 0.5) is 0 Å². The molecular weight excluding hydrogens is 292 g/mol. The predicted molar refractivity (Wildman–Crippen MR) is 89.8 cm³/mol. The van der Waals surface area contributed by atoms with E-state index in [0.717, 1.165) is 5.56 Å². The molecule has 0 aliphatic carbocycles. The highest BCUT2D eigenvalue weighted by molar-refractivity contribution is 5.85. The largest absolute Gasteiger partial charge is 0.507 e. The molecule has 0 spiro atoms. The highest BCUT2D eigenvalue weighted by Crippen LogP contribution is 2.23. The normalized spacial score (nSPS) is 10.9. The first-order chi connectivity index (χ1) is 11.0. The molecular formula is C18H20N2O3. The molecule has 0 aliphatic heterocycles. The Kier molecular flexibility index (Phi) is 5.74. The summed E-state index contributed by atoms with van der Waals surface area (Å²) in [6.45, 7) is 3.82. The summed E-state index contributed by atoms with van der Waals surface area (Å²) >= 11 is 0. The monoisotopic (exact) mass is 312 g/mol. The molecule has 0 fully saturated rings. The highest BCUT2D eigenvalue weighted by Gasteiger charge is 2.04. The van der Waals surface area contributed by atoms with Gasteiger partial charge in [-0.1, -0.05) is 30.3 Å². The van der Waals surface area contributed by atoms with Crippen molar-refractivity contribution >= 4 is 12.1 Å². The predicted octanol–water partition coefficient (Wildman–Crippen LogP) is 2.87. The van der Waals surface area contributed by atoms with Crippen LogP contribution in [0, 0.1) is 0 Å². The fourth-order valence-electron chi connectivity index (χ4n) is 1.97. The molecule has 0 radical (unpaired) electrons. The molecule has 0 saturated carbocycles. The Bertz CT molecular complexity index is 682. The van der Waals surface area contributed by atoms with Gasteiger partial charge in [0.15, 0.2) is 0 Å². The van der Waals surface area contributed by atoms with Gasteiger partial charge in [0.25, 0.3) is 0 Å². The van der Waals surface area contributed by atoms with Gasteiger partial charge in [0.05, 0.1) is 18.7 Å². The SMILES string of the molecule is CC(C)Oc1ccc(/C=N\NC(=O)Cc2ccccc2)c(O)c1. The van der Waals surface area contributed by atoms with Crippen molar-refractivity contribution < 1.29 is 14.6 Å². The van der Waals surface area contributed by atoms with Gasteiger partial charge in [0, 0.05) is 11.6 Å². The Morgan fingerprint density at radius 2 is 2.00 bits per heavy atom. The lowest BCUT2D eigenvalue weighted by molar-refractivity contribution is -0.120. The van der Waals surface area contributed by atoms with Gasteiger partial charge in [-0.05, 0) is 31.5 Å². The fraction of sp³-hybridized carbons (Fsp3) is 0.222. The Morgan fingerprint density at radius 1 is 1.26 bits per heavy atom. The number of phenolic OH excluding ortho intramolecular Hbond substituents is 1. The van der Waals surface area contributed by atoms with E-state index in [0.29, 0.717) is 11.3 Å². The molecule has 2 aromatic carbocycles. The van der Waals surface area contributed by atoms with Crippen LogP contribution in [0.1, 0.15) is 25.0 Å². The molecule has 2 N–H and O–H groups in total. The number of rotatable bonds is 6. The minimum atomic E-state index is -0.216. The smallest absolute Gasteiger partial charge is 0.244 e. The fourth-order valence-corrected chi connectivity index (χ4v) is 1.97. The summed E-state index contributed by atoms with van der Waals surface area (Å²) < 4.78 is 5.48. The maximum atomic E-state index is 11.8. The molecule has 1 amide bonds. The van der Waals surface area contributed by atoms with Gasteiger partial charge in [-0.25, -0.2) is 5.43 Å². The van der Waals surface area contributed by atoms with Crippen molar-refractivity contribution in [1.82, 2.24) is 5.43 Å². The number of amides is 1. The molecule has 0 aliphatic rings. The summed E-state index contributed by atoms with van der Waals surface area (Å²) in [4.78, 5) is 11.8. The summed E-state index contributed by atoms with van der Waals surface area (Å²) in [6.07, 6.45) is 1.69. The number of hydrogen-bond donors (Lipinski definition) is 2. The lowest BCUT2D eigenvalue weighted by atomic mass is 10.1. The van der Waals surface area contributed by atoms with Crippen LogP contribution in [-0.4, -0.2) is 23.3 Å². The van der Waals surface area contributed by atoms with Gasteiger partial charge >= 0.3 is 0 Å². The average molecular weight is 312 g/mol. The van der Waals surface area contributed by atoms with Crippen molar-refractivity contribution in [2.75, 3.05) is 0 Å². The number of aromatic hydroxyl groups is 1. The van der Waals surface area contributed by atoms with E-state index >= 15 is 0 Å². The summed E-state index contributed by atoms with van der Waals surface area (Å²) in [5, 5.41) is 13.8. The number of hydrazone groups is 1. The first-order valence-electron chi connectivity index (χ1n) is 7.40. The Balaban J connectivity index is 1.91. The van der Waals surface area contributed by atoms with Crippen molar-refractivity contribution in [3.63, 3.8) is 0 Å². The highest BCUT2D eigenvalue weighted by atomic mass is 16.5. The van der Waals surface area contributed by atoms with Crippen molar-refractivity contribution in [2.24, 2.45) is 5.10 Å². The van der Waals surface area contributed by atoms with E-state index in [-0.39, 0.29) is 24.2 Å². The second-order valence-corrected chi connectivity index (χ2v) is 5.34. The van der Waals surface area contributed by atoms with Gasteiger partial charge < -0.3 is 9.84 Å². The summed E-state index contributed by atoms with van der Waals surface area (Å²) in [7, 11) is 0. The minimum Gasteiger partial charge on any atom is -0.507 e. The standard InChI is InChI=1S/C18H20N2O3/c1-13(2)23-16-9-8-15(17(21)11-16)12-19-20-18(22)10-14-6-4-3-5-7-14/h3-9,11-13,21H,10H2,1-2H3,(H,20,22)/b19-12-. The number of carbonyl (C=O) groups excluding carboxylic acids is 1. The molecule has 0 saturated heterocycles. The van der Waals surface area contributed by atoms with E-state index in [1.54, 1.807) is 12.1 Å². The van der Waals surface area contributed by atoms with Gasteiger partial charge in [-0.2, -0.15) is 5.10 Å². The van der Waals surface area contributed by atoms with E-state index in [2.05, 4.69) is 10.5 Å². The summed E-state index contributed by atoms with van der Waals surface area (Å²) in [5.74, 6) is 0.415. The maximum absolute atomic E-state index is 11.8. The van der Waals surface area contributed by atoms with Crippen molar-refractivity contribution in [1.29, 1.82) is 0 Å². The van der Waals surface area contributed by atoms with Gasteiger partial charge in [-0.3, -0.25) is 4.79 Å². The molecule has 5 heteroatoms. The molecule has 0 atom stereocenters. The number of ether oxygens (including phenoxy) is 1. The quantitative estimate of drug-likeness (QED) is 0.636. The van der Waals surface area contributed by atoms with Gasteiger partial charge in [-0.15, -0.1) is 0 Å². The zero-order valence-corrected chi connectivity index (χ0v) is 13.2. The lowest BCUT2D eigenvalue weighted by Gasteiger charge is -2.10. The second-order valence-electron chi connectivity index (χ2n) is 5.34. The molecule has 2 aromatic rings. The Hall–Kier alpha value is -2.82. The zero-order valence-electron chi connectivity index (χ0n) is 13.2. The number of nitrogens with zero attached hydrogens (tertiary/aromatic N) is 1.